The van der Waals surface area contributed by atoms with Gasteiger partial charge in [0.15, 0.2) is 0 Å². The maximum absolute atomic E-state index is 10.4. The molecule has 0 atom stereocenters. The molecule has 0 saturated carbocycles. The monoisotopic (exact) mass is 270 g/mol. The summed E-state index contributed by atoms with van der Waals surface area (Å²) < 4.78 is 0. The minimum Gasteiger partial charge on any atom is -0.386 e. The standard InChI is InChI=1S/C18H22O2/c1-17(2,19)14-11-8-12-15(18(3,4)20)16(14)13-9-6-5-7-10-13/h5-12,19-20H,1-4H3. The molecule has 0 amide bonds. The average molecular weight is 270 g/mol. The van der Waals surface area contributed by atoms with E-state index in [0.717, 1.165) is 22.3 Å². The second-order valence-electron chi connectivity index (χ2n) is 6.21. The fourth-order valence-electron chi connectivity index (χ4n) is 2.49. The number of benzene rings is 2. The average Bonchev–Trinajstić information content (AvgIpc) is 2.37. The third kappa shape index (κ3) is 2.92. The minimum absolute atomic E-state index is 0.823. The van der Waals surface area contributed by atoms with Gasteiger partial charge in [-0.3, -0.25) is 0 Å². The Morgan fingerprint density at radius 1 is 0.650 bits per heavy atom. The molecule has 0 aliphatic carbocycles. The van der Waals surface area contributed by atoms with Crippen LogP contribution in [0.5, 0.6) is 0 Å². The zero-order valence-electron chi connectivity index (χ0n) is 12.5. The van der Waals surface area contributed by atoms with E-state index >= 15 is 0 Å². The molecule has 2 N–H and O–H groups in total. The van der Waals surface area contributed by atoms with E-state index < -0.39 is 11.2 Å². The Labute approximate surface area is 120 Å². The molecular formula is C18H22O2. The highest BCUT2D eigenvalue weighted by Gasteiger charge is 2.27. The van der Waals surface area contributed by atoms with Gasteiger partial charge in [-0.15, -0.1) is 0 Å². The molecule has 0 aliphatic heterocycles. The molecule has 0 heterocycles. The van der Waals surface area contributed by atoms with Crippen LogP contribution in [-0.2, 0) is 11.2 Å². The van der Waals surface area contributed by atoms with Crippen molar-refractivity contribution in [2.24, 2.45) is 0 Å². The molecule has 0 saturated heterocycles. The van der Waals surface area contributed by atoms with Crippen molar-refractivity contribution >= 4 is 0 Å². The molecule has 0 radical (unpaired) electrons. The van der Waals surface area contributed by atoms with Gasteiger partial charge >= 0.3 is 0 Å². The maximum atomic E-state index is 10.4. The first-order valence-electron chi connectivity index (χ1n) is 6.85. The van der Waals surface area contributed by atoms with Crippen LogP contribution < -0.4 is 0 Å². The van der Waals surface area contributed by atoms with Crippen molar-refractivity contribution in [1.29, 1.82) is 0 Å². The fourth-order valence-corrected chi connectivity index (χ4v) is 2.49. The van der Waals surface area contributed by atoms with Crippen molar-refractivity contribution in [3.63, 3.8) is 0 Å². The number of hydrogen-bond donors (Lipinski definition) is 2. The number of rotatable bonds is 3. The minimum atomic E-state index is -0.966. The molecule has 0 fully saturated rings. The third-order valence-corrected chi connectivity index (χ3v) is 3.45. The van der Waals surface area contributed by atoms with Crippen LogP contribution in [0.1, 0.15) is 38.8 Å². The molecule has 0 spiro atoms. The fraction of sp³-hybridized carbons (Fsp3) is 0.333. The molecule has 0 aromatic heterocycles. The highest BCUT2D eigenvalue weighted by atomic mass is 16.3. The normalized spacial score (nSPS) is 12.5. The van der Waals surface area contributed by atoms with Gasteiger partial charge in [-0.2, -0.15) is 0 Å². The molecule has 2 aromatic rings. The van der Waals surface area contributed by atoms with E-state index in [9.17, 15) is 10.2 Å². The zero-order chi connectivity index (χ0) is 15.0. The molecule has 20 heavy (non-hydrogen) atoms. The molecule has 0 unspecified atom stereocenters. The molecule has 0 bridgehead atoms. The topological polar surface area (TPSA) is 40.5 Å². The van der Waals surface area contributed by atoms with Crippen molar-refractivity contribution < 1.29 is 10.2 Å². The van der Waals surface area contributed by atoms with Gasteiger partial charge in [0.2, 0.25) is 0 Å². The largest absolute Gasteiger partial charge is 0.386 e. The molecule has 2 nitrogen and oxygen atoms in total. The summed E-state index contributed by atoms with van der Waals surface area (Å²) in [5.74, 6) is 0. The number of hydrogen-bond acceptors (Lipinski definition) is 2. The predicted octanol–water partition coefficient (Wildman–Crippen LogP) is 3.81. The van der Waals surface area contributed by atoms with Crippen LogP contribution in [0.2, 0.25) is 0 Å². The Kier molecular flexibility index (Phi) is 3.72. The number of aliphatic hydroxyl groups is 2. The lowest BCUT2D eigenvalue weighted by molar-refractivity contribution is 0.0730. The second kappa shape index (κ2) is 5.04. The van der Waals surface area contributed by atoms with Crippen LogP contribution in [0.15, 0.2) is 48.5 Å². The van der Waals surface area contributed by atoms with Crippen LogP contribution in [0.25, 0.3) is 11.1 Å². The van der Waals surface area contributed by atoms with Crippen LogP contribution >= 0.6 is 0 Å². The summed E-state index contributed by atoms with van der Waals surface area (Å²) in [7, 11) is 0. The summed E-state index contributed by atoms with van der Waals surface area (Å²) in [4.78, 5) is 0. The van der Waals surface area contributed by atoms with Crippen molar-refractivity contribution in [3.8, 4) is 11.1 Å². The highest BCUT2D eigenvalue weighted by Crippen LogP contribution is 2.38. The Hall–Kier alpha value is -1.64. The molecule has 106 valence electrons. The van der Waals surface area contributed by atoms with Gasteiger partial charge in [0, 0.05) is 0 Å². The lowest BCUT2D eigenvalue weighted by Gasteiger charge is -2.28. The lowest BCUT2D eigenvalue weighted by atomic mass is 9.82. The van der Waals surface area contributed by atoms with Crippen LogP contribution in [0.4, 0.5) is 0 Å². The first-order chi connectivity index (χ1) is 9.21. The van der Waals surface area contributed by atoms with Gasteiger partial charge in [-0.05, 0) is 49.9 Å². The van der Waals surface area contributed by atoms with E-state index in [2.05, 4.69) is 0 Å². The molecule has 2 heteroatoms. The first-order valence-corrected chi connectivity index (χ1v) is 6.85. The van der Waals surface area contributed by atoms with Crippen molar-refractivity contribution in [3.05, 3.63) is 59.7 Å². The van der Waals surface area contributed by atoms with E-state index in [1.165, 1.54) is 0 Å². The van der Waals surface area contributed by atoms with Gasteiger partial charge in [0.25, 0.3) is 0 Å². The summed E-state index contributed by atoms with van der Waals surface area (Å²) >= 11 is 0. The van der Waals surface area contributed by atoms with Gasteiger partial charge < -0.3 is 10.2 Å². The van der Waals surface area contributed by atoms with E-state index in [1.54, 1.807) is 27.7 Å². The summed E-state index contributed by atoms with van der Waals surface area (Å²) in [6.07, 6.45) is 0. The predicted molar refractivity (Wildman–Crippen MR) is 82.4 cm³/mol. The molecule has 0 aliphatic rings. The van der Waals surface area contributed by atoms with Crippen LogP contribution in [0, 0.1) is 0 Å². The van der Waals surface area contributed by atoms with Crippen molar-refractivity contribution in [2.45, 2.75) is 38.9 Å². The molecule has 2 rings (SSSR count). The van der Waals surface area contributed by atoms with E-state index in [1.807, 2.05) is 48.5 Å². The van der Waals surface area contributed by atoms with Gasteiger partial charge in [-0.1, -0.05) is 48.5 Å². The lowest BCUT2D eigenvalue weighted by Crippen LogP contribution is -2.22. The van der Waals surface area contributed by atoms with Gasteiger partial charge in [0.1, 0.15) is 0 Å². The summed E-state index contributed by atoms with van der Waals surface area (Å²) in [6, 6.07) is 15.6. The van der Waals surface area contributed by atoms with Crippen molar-refractivity contribution in [1.82, 2.24) is 0 Å². The maximum Gasteiger partial charge on any atom is 0.0846 e. The summed E-state index contributed by atoms with van der Waals surface area (Å²) in [5.41, 5.74) is 1.63. The zero-order valence-corrected chi connectivity index (χ0v) is 12.5. The van der Waals surface area contributed by atoms with Crippen LogP contribution in [-0.4, -0.2) is 10.2 Å². The van der Waals surface area contributed by atoms with E-state index in [-0.39, 0.29) is 0 Å². The van der Waals surface area contributed by atoms with E-state index in [0.29, 0.717) is 0 Å². The SMILES string of the molecule is CC(C)(O)c1cccc(C(C)(C)O)c1-c1ccccc1. The summed E-state index contributed by atoms with van der Waals surface area (Å²) in [5, 5.41) is 20.9. The Morgan fingerprint density at radius 3 is 1.50 bits per heavy atom. The third-order valence-electron chi connectivity index (χ3n) is 3.45. The van der Waals surface area contributed by atoms with Gasteiger partial charge in [-0.25, -0.2) is 0 Å². The smallest absolute Gasteiger partial charge is 0.0846 e. The summed E-state index contributed by atoms with van der Waals surface area (Å²) in [6.45, 7) is 7.07. The van der Waals surface area contributed by atoms with Gasteiger partial charge in [0.05, 0.1) is 11.2 Å². The quantitative estimate of drug-likeness (QED) is 0.890. The Bertz CT molecular complexity index is 555. The van der Waals surface area contributed by atoms with Crippen LogP contribution in [0.3, 0.4) is 0 Å². The highest BCUT2D eigenvalue weighted by molar-refractivity contribution is 5.73. The second-order valence-corrected chi connectivity index (χ2v) is 6.21. The van der Waals surface area contributed by atoms with Crippen molar-refractivity contribution in [2.75, 3.05) is 0 Å². The van der Waals surface area contributed by atoms with E-state index in [4.69, 9.17) is 0 Å². The first kappa shape index (κ1) is 14.8. The Morgan fingerprint density at radius 2 is 1.10 bits per heavy atom. The molecular weight excluding hydrogens is 248 g/mol. The molecule has 2 aromatic carbocycles. The Balaban J connectivity index is 2.80.